The number of anilines is 1. The molecule has 2 heterocycles. The number of nitrogens with one attached hydrogen (secondary N) is 1. The van der Waals surface area contributed by atoms with Crippen LogP contribution in [0.25, 0.3) is 11.3 Å². The second kappa shape index (κ2) is 5.12. The lowest BCUT2D eigenvalue weighted by Crippen LogP contribution is -2.25. The summed E-state index contributed by atoms with van der Waals surface area (Å²) in [7, 11) is 1.06. The van der Waals surface area contributed by atoms with E-state index in [1.54, 1.807) is 0 Å². The topological polar surface area (TPSA) is 56.2 Å². The van der Waals surface area contributed by atoms with E-state index in [1.807, 2.05) is 0 Å². The number of carbonyl (C=O) groups excluding carboxylic acids is 1. The molecule has 2 aromatic rings. The Hall–Kier alpha value is -2.29. The molecule has 0 spiro atoms. The van der Waals surface area contributed by atoms with E-state index in [4.69, 9.17) is 16.3 Å². The van der Waals surface area contributed by atoms with Crippen molar-refractivity contribution in [2.75, 3.05) is 11.9 Å². The smallest absolute Gasteiger partial charge is 0.434 e. The number of benzene rings is 1. The molecule has 5 nitrogen and oxygen atoms in total. The summed E-state index contributed by atoms with van der Waals surface area (Å²) in [4.78, 5) is 11.2. The number of ether oxygens (including phenoxy) is 1. The number of nitrogens with zero attached hydrogens (tertiary/aromatic N) is 2. The zero-order chi connectivity index (χ0) is 16.9. The summed E-state index contributed by atoms with van der Waals surface area (Å²) in [6.45, 7) is -0.276. The molecular weight excluding hydrogens is 342 g/mol. The first-order chi connectivity index (χ1) is 10.7. The van der Waals surface area contributed by atoms with Gasteiger partial charge < -0.3 is 10.1 Å². The van der Waals surface area contributed by atoms with Crippen LogP contribution in [-0.2, 0) is 18.0 Å². The zero-order valence-electron chi connectivity index (χ0n) is 11.5. The molecule has 0 atom stereocenters. The van der Waals surface area contributed by atoms with Crippen molar-refractivity contribution in [1.29, 1.82) is 0 Å². The molecule has 0 aliphatic carbocycles. The van der Waals surface area contributed by atoms with Crippen LogP contribution in [0.2, 0.25) is 5.02 Å². The maximum absolute atomic E-state index is 14.2. The van der Waals surface area contributed by atoms with Gasteiger partial charge in [-0.25, -0.2) is 4.39 Å². The van der Waals surface area contributed by atoms with Crippen molar-refractivity contribution < 1.29 is 27.1 Å². The van der Waals surface area contributed by atoms with Gasteiger partial charge in [-0.05, 0) is 6.07 Å². The van der Waals surface area contributed by atoms with E-state index in [9.17, 15) is 22.4 Å². The molecule has 3 rings (SSSR count). The van der Waals surface area contributed by atoms with Gasteiger partial charge in [0.15, 0.2) is 12.3 Å². The first-order valence-corrected chi connectivity index (χ1v) is 6.62. The Morgan fingerprint density at radius 3 is 2.70 bits per heavy atom. The number of rotatable bonds is 1. The Labute approximate surface area is 131 Å². The van der Waals surface area contributed by atoms with Crippen LogP contribution >= 0.6 is 11.6 Å². The first-order valence-electron chi connectivity index (χ1n) is 6.24. The maximum atomic E-state index is 14.2. The molecule has 10 heteroatoms. The molecule has 0 radical (unpaired) electrons. The predicted molar refractivity (Wildman–Crippen MR) is 72.7 cm³/mol. The van der Waals surface area contributed by atoms with Crippen LogP contribution in [0.3, 0.4) is 0 Å². The van der Waals surface area contributed by atoms with Crippen LogP contribution < -0.4 is 10.1 Å². The summed E-state index contributed by atoms with van der Waals surface area (Å²) < 4.78 is 58.7. The van der Waals surface area contributed by atoms with Crippen LogP contribution in [0, 0.1) is 5.82 Å². The second-order valence-corrected chi connectivity index (χ2v) is 5.18. The monoisotopic (exact) mass is 349 g/mol. The summed E-state index contributed by atoms with van der Waals surface area (Å²) in [6.07, 6.45) is -4.73. The number of halogens is 5. The van der Waals surface area contributed by atoms with E-state index < -0.39 is 28.6 Å². The number of aromatic nitrogens is 2. The van der Waals surface area contributed by atoms with Gasteiger partial charge in [0.05, 0.1) is 10.7 Å². The van der Waals surface area contributed by atoms with Crippen LogP contribution in [0.4, 0.5) is 23.2 Å². The second-order valence-electron chi connectivity index (χ2n) is 4.80. The highest BCUT2D eigenvalue weighted by Crippen LogP contribution is 2.42. The minimum absolute atomic E-state index is 0.0885. The third kappa shape index (κ3) is 2.61. The fourth-order valence-corrected chi connectivity index (χ4v) is 2.63. The van der Waals surface area contributed by atoms with Gasteiger partial charge in [-0.2, -0.15) is 18.3 Å². The quantitative estimate of drug-likeness (QED) is 0.804. The minimum atomic E-state index is -4.73. The summed E-state index contributed by atoms with van der Waals surface area (Å²) in [5.41, 5.74) is -1.70. The lowest BCUT2D eigenvalue weighted by atomic mass is 10.1. The van der Waals surface area contributed by atoms with E-state index in [2.05, 4.69) is 10.4 Å². The van der Waals surface area contributed by atoms with E-state index in [1.165, 1.54) is 0 Å². The number of hydrogen-bond donors (Lipinski definition) is 1. The highest BCUT2D eigenvalue weighted by atomic mass is 35.5. The van der Waals surface area contributed by atoms with Crippen molar-refractivity contribution >= 4 is 23.2 Å². The molecule has 1 N–H and O–H groups in total. The number of amides is 1. The molecule has 122 valence electrons. The van der Waals surface area contributed by atoms with Crippen molar-refractivity contribution in [2.24, 2.45) is 7.05 Å². The van der Waals surface area contributed by atoms with E-state index in [0.717, 1.165) is 19.2 Å². The van der Waals surface area contributed by atoms with Crippen molar-refractivity contribution in [3.8, 4) is 17.0 Å². The van der Waals surface area contributed by atoms with Gasteiger partial charge in [0, 0.05) is 18.7 Å². The average Bonchev–Trinajstić information content (AvgIpc) is 2.72. The molecule has 0 bridgehead atoms. The van der Waals surface area contributed by atoms with Crippen molar-refractivity contribution in [2.45, 2.75) is 6.18 Å². The van der Waals surface area contributed by atoms with Gasteiger partial charge in [-0.1, -0.05) is 11.6 Å². The third-order valence-electron chi connectivity index (χ3n) is 3.22. The first kappa shape index (κ1) is 15.6. The molecule has 0 unspecified atom stereocenters. The summed E-state index contributed by atoms with van der Waals surface area (Å²) in [5, 5.41) is 5.34. The Kier molecular flexibility index (Phi) is 3.47. The van der Waals surface area contributed by atoms with Crippen molar-refractivity contribution in [1.82, 2.24) is 9.78 Å². The molecule has 1 aliphatic rings. The van der Waals surface area contributed by atoms with Crippen molar-refractivity contribution in [3.63, 3.8) is 0 Å². The average molecular weight is 350 g/mol. The fraction of sp³-hybridized carbons (Fsp3) is 0.231. The Morgan fingerprint density at radius 2 is 2.09 bits per heavy atom. The van der Waals surface area contributed by atoms with Crippen molar-refractivity contribution in [3.05, 3.63) is 28.7 Å². The predicted octanol–water partition coefficient (Wildman–Crippen LogP) is 3.23. The number of aryl methyl sites for hydroxylation is 1. The van der Waals surface area contributed by atoms with Gasteiger partial charge >= 0.3 is 6.18 Å². The summed E-state index contributed by atoms with van der Waals surface area (Å²) >= 11 is 5.75. The lowest BCUT2D eigenvalue weighted by Gasteiger charge is -2.18. The highest BCUT2D eigenvalue weighted by Gasteiger charge is 2.39. The van der Waals surface area contributed by atoms with Gasteiger partial charge in [-0.3, -0.25) is 9.48 Å². The molecule has 0 saturated heterocycles. The Morgan fingerprint density at radius 1 is 1.39 bits per heavy atom. The maximum Gasteiger partial charge on any atom is 0.434 e. The van der Waals surface area contributed by atoms with E-state index in [0.29, 0.717) is 4.68 Å². The molecule has 23 heavy (non-hydrogen) atoms. The zero-order valence-corrected chi connectivity index (χ0v) is 12.2. The minimum Gasteiger partial charge on any atom is -0.482 e. The number of carbonyl (C=O) groups is 1. The molecule has 1 aliphatic heterocycles. The number of fused-ring (bicyclic) bond motifs is 1. The molecule has 1 amide bonds. The van der Waals surface area contributed by atoms with Crippen LogP contribution in [0.1, 0.15) is 5.69 Å². The van der Waals surface area contributed by atoms with E-state index in [-0.39, 0.29) is 29.3 Å². The number of hydrogen-bond acceptors (Lipinski definition) is 3. The molecule has 0 saturated carbocycles. The van der Waals surface area contributed by atoms with E-state index >= 15 is 0 Å². The summed E-state index contributed by atoms with van der Waals surface area (Å²) in [6, 6.07) is 2.10. The SMILES string of the molecule is Cn1nc(-c2cc3c(cc2F)NC(=O)CO3)c(Cl)c1C(F)(F)F. The largest absolute Gasteiger partial charge is 0.482 e. The Balaban J connectivity index is 2.15. The fourth-order valence-electron chi connectivity index (χ4n) is 2.26. The highest BCUT2D eigenvalue weighted by molar-refractivity contribution is 6.33. The van der Waals surface area contributed by atoms with Gasteiger partial charge in [0.1, 0.15) is 17.3 Å². The normalized spacial score (nSPS) is 14.3. The standard InChI is InChI=1S/C13H8ClF4N3O2/c1-21-12(13(16,17)18)10(14)11(20-21)5-2-8-7(3-6(5)15)19-9(22)4-23-8/h2-3H,4H2,1H3,(H,19,22). The van der Waals surface area contributed by atoms with Crippen LogP contribution in [0.5, 0.6) is 5.75 Å². The van der Waals surface area contributed by atoms with Crippen LogP contribution in [0.15, 0.2) is 12.1 Å². The third-order valence-corrected chi connectivity index (χ3v) is 3.57. The Bertz CT molecular complexity index is 817. The van der Waals surface area contributed by atoms with Gasteiger partial charge in [0.2, 0.25) is 0 Å². The molecule has 1 aromatic heterocycles. The molecule has 0 fully saturated rings. The van der Waals surface area contributed by atoms with Gasteiger partial charge in [-0.15, -0.1) is 0 Å². The summed E-state index contributed by atoms with van der Waals surface area (Å²) in [5.74, 6) is -1.22. The molecular formula is C13H8ClF4N3O2. The number of alkyl halides is 3. The lowest BCUT2D eigenvalue weighted by molar-refractivity contribution is -0.143. The van der Waals surface area contributed by atoms with Crippen LogP contribution in [-0.4, -0.2) is 22.3 Å². The van der Waals surface area contributed by atoms with Gasteiger partial charge in [0.25, 0.3) is 5.91 Å². The molecule has 1 aromatic carbocycles.